The van der Waals surface area contributed by atoms with E-state index in [1.54, 1.807) is 6.92 Å². The molecule has 0 saturated carbocycles. The maximum Gasteiger partial charge on any atom is 0.287 e. The number of nitrogens with one attached hydrogen (secondary N) is 1. The number of Topliss-reactive ketones (excluding diaryl/α,β-unsaturated/α-hetero) is 1. The number of rotatable bonds is 7. The van der Waals surface area contributed by atoms with Crippen molar-refractivity contribution in [1.82, 2.24) is 5.32 Å². The van der Waals surface area contributed by atoms with Gasteiger partial charge < -0.3 is 15.5 Å². The normalized spacial score (nSPS) is 11.6. The number of aryl methyl sites for hydroxylation is 1. The van der Waals surface area contributed by atoms with Gasteiger partial charge in [-0.05, 0) is 18.1 Å². The number of hydrogen-bond donors (Lipinski definition) is 2. The molecule has 2 aromatic carbocycles. The van der Waals surface area contributed by atoms with E-state index in [9.17, 15) is 14.4 Å². The fourth-order valence-electron chi connectivity index (χ4n) is 3.05. The summed E-state index contributed by atoms with van der Waals surface area (Å²) in [5, 5.41) is 2.64. The van der Waals surface area contributed by atoms with Crippen LogP contribution in [0.3, 0.4) is 0 Å². The highest BCUT2D eigenvalue weighted by atomic mass is 16.3. The Morgan fingerprint density at radius 3 is 2.21 bits per heavy atom. The van der Waals surface area contributed by atoms with Gasteiger partial charge in [-0.3, -0.25) is 14.4 Å². The lowest BCUT2D eigenvalue weighted by Crippen LogP contribution is -2.47. The van der Waals surface area contributed by atoms with Crippen molar-refractivity contribution < 1.29 is 18.8 Å². The Morgan fingerprint density at radius 2 is 1.61 bits per heavy atom. The van der Waals surface area contributed by atoms with Crippen LogP contribution < -0.4 is 11.1 Å². The molecule has 1 atom stereocenters. The first kappa shape index (κ1) is 19.1. The van der Waals surface area contributed by atoms with E-state index < -0.39 is 23.6 Å². The molecule has 1 aromatic heterocycles. The third kappa shape index (κ3) is 4.17. The number of ketones is 1. The number of hydrogen-bond acceptors (Lipinski definition) is 4. The Bertz CT molecular complexity index is 994. The van der Waals surface area contributed by atoms with E-state index in [2.05, 4.69) is 5.32 Å². The smallest absolute Gasteiger partial charge is 0.287 e. The maximum atomic E-state index is 12.9. The molecule has 0 aliphatic carbocycles. The number of carbonyl (C=O) groups excluding carboxylic acids is 3. The van der Waals surface area contributed by atoms with E-state index in [1.165, 1.54) is 6.26 Å². The van der Waals surface area contributed by atoms with Crippen molar-refractivity contribution in [2.45, 2.75) is 19.4 Å². The van der Waals surface area contributed by atoms with Crippen molar-refractivity contribution in [1.29, 1.82) is 0 Å². The van der Waals surface area contributed by atoms with Gasteiger partial charge in [-0.25, -0.2) is 0 Å². The van der Waals surface area contributed by atoms with Crippen LogP contribution in [0.15, 0.2) is 71.3 Å². The standard InChI is InChI=1S/C22H20N2O4/c1-14-19(16-10-6-3-7-11-16)17(13-28-14)22(27)24-18(20(25)21(23)26)12-15-8-4-2-5-9-15/h2-11,13,18H,12H2,1H3,(H2,23,26)(H,24,27)/t18-/m0/s1. The number of primary amides is 1. The van der Waals surface area contributed by atoms with Crippen LogP contribution in [-0.4, -0.2) is 23.6 Å². The summed E-state index contributed by atoms with van der Waals surface area (Å²) in [5.74, 6) is -1.87. The highest BCUT2D eigenvalue weighted by molar-refractivity contribution is 6.38. The third-order valence-electron chi connectivity index (χ3n) is 4.43. The van der Waals surface area contributed by atoms with Gasteiger partial charge >= 0.3 is 0 Å². The predicted octanol–water partition coefficient (Wildman–Crippen LogP) is 2.65. The van der Waals surface area contributed by atoms with Gasteiger partial charge in [-0.2, -0.15) is 0 Å². The summed E-state index contributed by atoms with van der Waals surface area (Å²) in [6, 6.07) is 17.4. The highest BCUT2D eigenvalue weighted by Crippen LogP contribution is 2.29. The number of carbonyl (C=O) groups is 3. The maximum absolute atomic E-state index is 12.9. The van der Waals surface area contributed by atoms with Crippen molar-refractivity contribution in [3.63, 3.8) is 0 Å². The zero-order valence-corrected chi connectivity index (χ0v) is 15.3. The van der Waals surface area contributed by atoms with E-state index in [0.29, 0.717) is 16.9 Å². The SMILES string of the molecule is Cc1occ(C(=O)N[C@@H](Cc2ccccc2)C(=O)C(N)=O)c1-c1ccccc1. The Balaban J connectivity index is 1.89. The molecule has 2 amide bonds. The van der Waals surface area contributed by atoms with Crippen molar-refractivity contribution in [2.75, 3.05) is 0 Å². The van der Waals surface area contributed by atoms with E-state index >= 15 is 0 Å². The van der Waals surface area contributed by atoms with Gasteiger partial charge in [0.05, 0.1) is 5.56 Å². The molecule has 0 saturated heterocycles. The Hall–Kier alpha value is -3.67. The van der Waals surface area contributed by atoms with Gasteiger partial charge in [0.25, 0.3) is 11.8 Å². The van der Waals surface area contributed by atoms with Crippen LogP contribution in [0.25, 0.3) is 11.1 Å². The quantitative estimate of drug-likeness (QED) is 0.619. The lowest BCUT2D eigenvalue weighted by molar-refractivity contribution is -0.137. The van der Waals surface area contributed by atoms with Gasteiger partial charge in [0.2, 0.25) is 5.78 Å². The Kier molecular flexibility index (Phi) is 5.69. The van der Waals surface area contributed by atoms with E-state index in [4.69, 9.17) is 10.2 Å². The second kappa shape index (κ2) is 8.35. The van der Waals surface area contributed by atoms with E-state index in [-0.39, 0.29) is 6.42 Å². The monoisotopic (exact) mass is 376 g/mol. The molecular weight excluding hydrogens is 356 g/mol. The van der Waals surface area contributed by atoms with Crippen molar-refractivity contribution in [3.8, 4) is 11.1 Å². The van der Waals surface area contributed by atoms with Crippen LogP contribution in [0.4, 0.5) is 0 Å². The molecule has 0 aliphatic rings. The zero-order chi connectivity index (χ0) is 20.1. The van der Waals surface area contributed by atoms with Crippen molar-refractivity contribution >= 4 is 17.6 Å². The zero-order valence-electron chi connectivity index (χ0n) is 15.3. The van der Waals surface area contributed by atoms with Gasteiger partial charge in [0.1, 0.15) is 18.1 Å². The Morgan fingerprint density at radius 1 is 1.00 bits per heavy atom. The van der Waals surface area contributed by atoms with Gasteiger partial charge in [-0.15, -0.1) is 0 Å². The van der Waals surface area contributed by atoms with Crippen molar-refractivity contribution in [3.05, 3.63) is 83.8 Å². The number of furan rings is 1. The second-order valence-electron chi connectivity index (χ2n) is 6.39. The molecular formula is C22H20N2O4. The number of benzene rings is 2. The number of nitrogens with two attached hydrogens (primary N) is 1. The van der Waals surface area contributed by atoms with E-state index in [1.807, 2.05) is 60.7 Å². The van der Waals surface area contributed by atoms with Crippen LogP contribution in [0.5, 0.6) is 0 Å². The predicted molar refractivity (Wildman–Crippen MR) is 104 cm³/mol. The molecule has 0 radical (unpaired) electrons. The molecule has 0 bridgehead atoms. The minimum atomic E-state index is -1.09. The fraction of sp³-hybridized carbons (Fsp3) is 0.136. The van der Waals surface area contributed by atoms with E-state index in [0.717, 1.165) is 11.1 Å². The molecule has 1 heterocycles. The van der Waals surface area contributed by atoms with Gasteiger partial charge in [-0.1, -0.05) is 60.7 Å². The largest absolute Gasteiger partial charge is 0.468 e. The summed E-state index contributed by atoms with van der Waals surface area (Å²) in [6.07, 6.45) is 1.51. The summed E-state index contributed by atoms with van der Waals surface area (Å²) >= 11 is 0. The van der Waals surface area contributed by atoms with Crippen LogP contribution in [0.1, 0.15) is 21.7 Å². The van der Waals surface area contributed by atoms with Crippen molar-refractivity contribution in [2.24, 2.45) is 5.73 Å². The topological polar surface area (TPSA) is 102 Å². The molecule has 3 rings (SSSR count). The first-order valence-corrected chi connectivity index (χ1v) is 8.79. The minimum absolute atomic E-state index is 0.159. The van der Waals surface area contributed by atoms with Crippen LogP contribution >= 0.6 is 0 Å². The average Bonchev–Trinajstić information content (AvgIpc) is 3.09. The molecule has 3 aromatic rings. The fourth-order valence-corrected chi connectivity index (χ4v) is 3.05. The minimum Gasteiger partial charge on any atom is -0.468 e. The molecule has 0 unspecified atom stereocenters. The average molecular weight is 376 g/mol. The lowest BCUT2D eigenvalue weighted by Gasteiger charge is -2.16. The highest BCUT2D eigenvalue weighted by Gasteiger charge is 2.28. The first-order valence-electron chi connectivity index (χ1n) is 8.79. The molecule has 0 fully saturated rings. The lowest BCUT2D eigenvalue weighted by atomic mass is 9.99. The molecule has 6 nitrogen and oxygen atoms in total. The molecule has 0 spiro atoms. The van der Waals surface area contributed by atoms with Crippen LogP contribution in [0, 0.1) is 6.92 Å². The summed E-state index contributed by atoms with van der Waals surface area (Å²) in [7, 11) is 0. The number of amides is 2. The third-order valence-corrected chi connectivity index (χ3v) is 4.43. The summed E-state index contributed by atoms with van der Waals surface area (Å²) in [6.45, 7) is 1.76. The van der Waals surface area contributed by atoms with Gasteiger partial charge in [0, 0.05) is 12.0 Å². The van der Waals surface area contributed by atoms with Crippen LogP contribution in [0.2, 0.25) is 0 Å². The molecule has 28 heavy (non-hydrogen) atoms. The van der Waals surface area contributed by atoms with Gasteiger partial charge in [0.15, 0.2) is 0 Å². The summed E-state index contributed by atoms with van der Waals surface area (Å²) in [5.41, 5.74) is 7.72. The first-order chi connectivity index (χ1) is 13.5. The summed E-state index contributed by atoms with van der Waals surface area (Å²) < 4.78 is 5.44. The molecule has 142 valence electrons. The second-order valence-corrected chi connectivity index (χ2v) is 6.39. The molecule has 3 N–H and O–H groups in total. The summed E-state index contributed by atoms with van der Waals surface area (Å²) in [4.78, 5) is 36.6. The molecule has 0 aliphatic heterocycles. The Labute approximate surface area is 162 Å². The van der Waals surface area contributed by atoms with Crippen LogP contribution in [-0.2, 0) is 16.0 Å². The molecule has 6 heteroatoms.